The molecule has 0 aromatic heterocycles. The zero-order valence-electron chi connectivity index (χ0n) is 11.1. The maximum Gasteiger partial charge on any atom is 0.310 e. The van der Waals surface area contributed by atoms with E-state index in [-0.39, 0.29) is 12.4 Å². The van der Waals surface area contributed by atoms with Gasteiger partial charge >= 0.3 is 5.97 Å². The van der Waals surface area contributed by atoms with E-state index in [9.17, 15) is 4.79 Å². The first-order valence-corrected chi connectivity index (χ1v) is 6.15. The molecule has 0 unspecified atom stereocenters. The average Bonchev–Trinajstić information content (AvgIpc) is 2.39. The number of benzene rings is 1. The van der Waals surface area contributed by atoms with Gasteiger partial charge in [-0.25, -0.2) is 0 Å². The van der Waals surface area contributed by atoms with Crippen molar-refractivity contribution in [3.8, 4) is 0 Å². The fourth-order valence-electron chi connectivity index (χ4n) is 1.59. The third-order valence-corrected chi connectivity index (χ3v) is 2.65. The summed E-state index contributed by atoms with van der Waals surface area (Å²) in [4.78, 5) is 11.3. The van der Waals surface area contributed by atoms with Gasteiger partial charge in [0.25, 0.3) is 0 Å². The van der Waals surface area contributed by atoms with Gasteiger partial charge in [0.2, 0.25) is 0 Å². The molecule has 0 fully saturated rings. The second-order valence-electron chi connectivity index (χ2n) is 4.04. The summed E-state index contributed by atoms with van der Waals surface area (Å²) in [7, 11) is 1.39. The van der Waals surface area contributed by atoms with Crippen LogP contribution >= 0.6 is 0 Å². The Morgan fingerprint density at radius 2 is 2.06 bits per heavy atom. The van der Waals surface area contributed by atoms with Gasteiger partial charge in [-0.3, -0.25) is 4.79 Å². The van der Waals surface area contributed by atoms with Crippen molar-refractivity contribution in [1.29, 1.82) is 0 Å². The third-order valence-electron chi connectivity index (χ3n) is 2.65. The van der Waals surface area contributed by atoms with E-state index in [0.717, 1.165) is 24.0 Å². The predicted molar refractivity (Wildman–Crippen MR) is 72.1 cm³/mol. The SMILES string of the molecule is C=C(OCCCC)c1ccccc1CC(=O)OC. The summed E-state index contributed by atoms with van der Waals surface area (Å²) >= 11 is 0. The summed E-state index contributed by atoms with van der Waals surface area (Å²) in [5, 5.41) is 0. The zero-order chi connectivity index (χ0) is 13.4. The highest BCUT2D eigenvalue weighted by Crippen LogP contribution is 2.20. The van der Waals surface area contributed by atoms with Gasteiger partial charge in [0.05, 0.1) is 20.1 Å². The minimum Gasteiger partial charge on any atom is -0.494 e. The molecular weight excluding hydrogens is 228 g/mol. The minimum absolute atomic E-state index is 0.239. The molecule has 98 valence electrons. The van der Waals surface area contributed by atoms with E-state index in [2.05, 4.69) is 18.2 Å². The van der Waals surface area contributed by atoms with Crippen LogP contribution in [-0.4, -0.2) is 19.7 Å². The zero-order valence-corrected chi connectivity index (χ0v) is 11.1. The van der Waals surface area contributed by atoms with Crippen LogP contribution < -0.4 is 0 Å². The van der Waals surface area contributed by atoms with Crippen LogP contribution in [0.3, 0.4) is 0 Å². The molecular formula is C15H20O3. The molecule has 0 heterocycles. The molecule has 0 aliphatic rings. The van der Waals surface area contributed by atoms with Crippen molar-refractivity contribution in [3.05, 3.63) is 42.0 Å². The van der Waals surface area contributed by atoms with Crippen molar-refractivity contribution in [1.82, 2.24) is 0 Å². The molecule has 0 amide bonds. The lowest BCUT2D eigenvalue weighted by molar-refractivity contribution is -0.139. The van der Waals surface area contributed by atoms with Crippen LogP contribution in [0.4, 0.5) is 0 Å². The van der Waals surface area contributed by atoms with E-state index in [0.29, 0.717) is 12.4 Å². The Morgan fingerprint density at radius 3 is 2.72 bits per heavy atom. The van der Waals surface area contributed by atoms with Gasteiger partial charge in [0, 0.05) is 5.56 Å². The Labute approximate surface area is 108 Å². The summed E-state index contributed by atoms with van der Waals surface area (Å²) in [6.07, 6.45) is 2.32. The van der Waals surface area contributed by atoms with Crippen molar-refractivity contribution in [2.45, 2.75) is 26.2 Å². The first-order chi connectivity index (χ1) is 8.69. The van der Waals surface area contributed by atoms with E-state index in [1.807, 2.05) is 24.3 Å². The molecule has 18 heavy (non-hydrogen) atoms. The van der Waals surface area contributed by atoms with Crippen LogP contribution in [-0.2, 0) is 20.7 Å². The molecule has 0 radical (unpaired) electrons. The number of methoxy groups -OCH3 is 1. The Bertz CT molecular complexity index is 410. The van der Waals surface area contributed by atoms with Crippen LogP contribution in [0.5, 0.6) is 0 Å². The number of hydrogen-bond acceptors (Lipinski definition) is 3. The van der Waals surface area contributed by atoms with Gasteiger partial charge in [-0.05, 0) is 12.0 Å². The molecule has 1 rings (SSSR count). The largest absolute Gasteiger partial charge is 0.494 e. The summed E-state index contributed by atoms with van der Waals surface area (Å²) in [6.45, 7) is 6.68. The van der Waals surface area contributed by atoms with Crippen molar-refractivity contribution in [2.24, 2.45) is 0 Å². The van der Waals surface area contributed by atoms with E-state index in [1.54, 1.807) is 0 Å². The second kappa shape index (κ2) is 7.54. The highest BCUT2D eigenvalue weighted by atomic mass is 16.5. The molecule has 0 saturated heterocycles. The Balaban J connectivity index is 2.74. The quantitative estimate of drug-likeness (QED) is 0.422. The fourth-order valence-corrected chi connectivity index (χ4v) is 1.59. The summed E-state index contributed by atoms with van der Waals surface area (Å²) < 4.78 is 10.3. The van der Waals surface area contributed by atoms with E-state index < -0.39 is 0 Å². The molecule has 1 aromatic carbocycles. The van der Waals surface area contributed by atoms with Crippen LogP contribution in [0.25, 0.3) is 5.76 Å². The maximum absolute atomic E-state index is 11.3. The van der Waals surface area contributed by atoms with Crippen molar-refractivity contribution in [2.75, 3.05) is 13.7 Å². The molecule has 0 aliphatic carbocycles. The molecule has 0 aliphatic heterocycles. The minimum atomic E-state index is -0.260. The Hall–Kier alpha value is -1.77. The van der Waals surface area contributed by atoms with Crippen LogP contribution in [0.2, 0.25) is 0 Å². The van der Waals surface area contributed by atoms with Gasteiger partial charge in [0.15, 0.2) is 0 Å². The third kappa shape index (κ3) is 4.24. The van der Waals surface area contributed by atoms with Crippen molar-refractivity contribution in [3.63, 3.8) is 0 Å². The lowest BCUT2D eigenvalue weighted by Gasteiger charge is -2.12. The lowest BCUT2D eigenvalue weighted by Crippen LogP contribution is -2.07. The molecule has 0 spiro atoms. The highest BCUT2D eigenvalue weighted by molar-refractivity contribution is 5.75. The summed E-state index contributed by atoms with van der Waals surface area (Å²) in [6, 6.07) is 7.60. The normalized spacial score (nSPS) is 9.89. The fraction of sp³-hybridized carbons (Fsp3) is 0.400. The molecule has 0 N–H and O–H groups in total. The summed E-state index contributed by atoms with van der Waals surface area (Å²) in [5.74, 6) is 0.353. The lowest BCUT2D eigenvalue weighted by atomic mass is 10.0. The number of rotatable bonds is 7. The van der Waals surface area contributed by atoms with Crippen LogP contribution in [0, 0.1) is 0 Å². The number of unbranched alkanes of at least 4 members (excludes halogenated alkanes) is 1. The number of esters is 1. The average molecular weight is 248 g/mol. The standard InChI is InChI=1S/C15H20O3/c1-4-5-10-18-12(2)14-9-7-6-8-13(14)11-15(16)17-3/h6-9H,2,4-5,10-11H2,1,3H3. The topological polar surface area (TPSA) is 35.5 Å². The van der Waals surface area contributed by atoms with Crippen LogP contribution in [0.1, 0.15) is 30.9 Å². The van der Waals surface area contributed by atoms with Crippen molar-refractivity contribution < 1.29 is 14.3 Å². The van der Waals surface area contributed by atoms with E-state index in [1.165, 1.54) is 7.11 Å². The van der Waals surface area contributed by atoms with Crippen molar-refractivity contribution >= 4 is 11.7 Å². The maximum atomic E-state index is 11.3. The predicted octanol–water partition coefficient (Wildman–Crippen LogP) is 3.19. The van der Waals surface area contributed by atoms with Crippen LogP contribution in [0.15, 0.2) is 30.8 Å². The number of ether oxygens (including phenoxy) is 2. The Kier molecular flexibility index (Phi) is 5.98. The number of hydrogen-bond donors (Lipinski definition) is 0. The molecule has 1 aromatic rings. The summed E-state index contributed by atoms with van der Waals surface area (Å²) in [5.41, 5.74) is 1.75. The van der Waals surface area contributed by atoms with E-state index in [4.69, 9.17) is 4.74 Å². The number of carbonyl (C=O) groups excluding carboxylic acids is 1. The Morgan fingerprint density at radius 1 is 1.33 bits per heavy atom. The smallest absolute Gasteiger partial charge is 0.310 e. The molecule has 0 bridgehead atoms. The molecule has 3 nitrogen and oxygen atoms in total. The molecule has 3 heteroatoms. The van der Waals surface area contributed by atoms with E-state index >= 15 is 0 Å². The van der Waals surface area contributed by atoms with Gasteiger partial charge < -0.3 is 9.47 Å². The molecule has 0 saturated carbocycles. The molecule has 0 atom stereocenters. The first kappa shape index (κ1) is 14.3. The van der Waals surface area contributed by atoms with Gasteiger partial charge in [0.1, 0.15) is 5.76 Å². The van der Waals surface area contributed by atoms with Gasteiger partial charge in [-0.2, -0.15) is 0 Å². The highest BCUT2D eigenvalue weighted by Gasteiger charge is 2.10. The second-order valence-corrected chi connectivity index (χ2v) is 4.04. The van der Waals surface area contributed by atoms with Gasteiger partial charge in [-0.15, -0.1) is 0 Å². The monoisotopic (exact) mass is 248 g/mol. The number of carbonyl (C=O) groups is 1. The first-order valence-electron chi connectivity index (χ1n) is 6.15. The van der Waals surface area contributed by atoms with Gasteiger partial charge in [-0.1, -0.05) is 44.2 Å².